The van der Waals surface area contributed by atoms with Gasteiger partial charge in [0.05, 0.1) is 4.92 Å². The van der Waals surface area contributed by atoms with Gasteiger partial charge >= 0.3 is 11.7 Å². The highest BCUT2D eigenvalue weighted by Crippen LogP contribution is 2.21. The molecule has 2 aromatic rings. The lowest BCUT2D eigenvalue weighted by atomic mass is 10.2. The fraction of sp³-hybridized carbons (Fsp3) is 0.0714. The minimum Gasteiger partial charge on any atom is -0.457 e. The van der Waals surface area contributed by atoms with Gasteiger partial charge in [-0.2, -0.15) is 4.39 Å². The molecule has 0 N–H and O–H groups in total. The Morgan fingerprint density at radius 1 is 1.15 bits per heavy atom. The van der Waals surface area contributed by atoms with Crippen molar-refractivity contribution in [2.45, 2.75) is 6.61 Å². The minimum absolute atomic E-state index is 0.0260. The lowest BCUT2D eigenvalue weighted by Gasteiger charge is -2.05. The number of rotatable bonds is 4. The van der Waals surface area contributed by atoms with E-state index in [1.54, 1.807) is 24.3 Å². The molecule has 5 nitrogen and oxygen atoms in total. The smallest absolute Gasteiger partial charge is 0.341 e. The summed E-state index contributed by atoms with van der Waals surface area (Å²) in [7, 11) is 0. The molecule has 0 amide bonds. The van der Waals surface area contributed by atoms with Crippen LogP contribution in [0.15, 0.2) is 48.5 Å². The second-order valence-electron chi connectivity index (χ2n) is 3.96. The van der Waals surface area contributed by atoms with Crippen LogP contribution in [-0.4, -0.2) is 10.9 Å². The molecule has 0 aliphatic heterocycles. The van der Waals surface area contributed by atoms with E-state index in [0.717, 1.165) is 17.7 Å². The molecule has 0 atom stereocenters. The van der Waals surface area contributed by atoms with Gasteiger partial charge in [-0.25, -0.2) is 4.79 Å². The lowest BCUT2D eigenvalue weighted by Crippen LogP contribution is -2.09. The monoisotopic (exact) mass is 275 g/mol. The Balaban J connectivity index is 2.14. The Hall–Kier alpha value is -2.76. The molecule has 0 aromatic heterocycles. The molecule has 0 unspecified atom stereocenters. The maximum atomic E-state index is 13.8. The summed E-state index contributed by atoms with van der Waals surface area (Å²) in [4.78, 5) is 21.4. The van der Waals surface area contributed by atoms with Crippen LogP contribution in [0, 0.1) is 15.9 Å². The predicted octanol–water partition coefficient (Wildman–Crippen LogP) is 3.09. The third-order valence-corrected chi connectivity index (χ3v) is 2.61. The Labute approximate surface area is 113 Å². The van der Waals surface area contributed by atoms with Crippen LogP contribution >= 0.6 is 0 Å². The van der Waals surface area contributed by atoms with Gasteiger partial charge in [0, 0.05) is 6.07 Å². The number of nitrogens with zero attached hydrogens (tertiary/aromatic N) is 1. The van der Waals surface area contributed by atoms with E-state index in [1.807, 2.05) is 6.07 Å². The van der Waals surface area contributed by atoms with Gasteiger partial charge in [-0.05, 0) is 11.6 Å². The molecule has 0 fully saturated rings. The van der Waals surface area contributed by atoms with Gasteiger partial charge < -0.3 is 4.74 Å². The first-order valence-corrected chi connectivity index (χ1v) is 5.73. The summed E-state index contributed by atoms with van der Waals surface area (Å²) >= 11 is 0. The van der Waals surface area contributed by atoms with Crippen molar-refractivity contribution in [3.8, 4) is 0 Å². The van der Waals surface area contributed by atoms with Gasteiger partial charge in [-0.3, -0.25) is 10.1 Å². The standard InChI is InChI=1S/C14H10FNO4/c15-13-11(7-4-8-12(13)16(18)19)14(17)20-9-10-5-2-1-3-6-10/h1-8H,9H2. The number of halogens is 1. The van der Waals surface area contributed by atoms with Crippen LogP contribution in [0.3, 0.4) is 0 Å². The van der Waals surface area contributed by atoms with Crippen molar-refractivity contribution < 1.29 is 18.8 Å². The van der Waals surface area contributed by atoms with Crippen molar-refractivity contribution in [3.63, 3.8) is 0 Å². The average molecular weight is 275 g/mol. The number of hydrogen-bond donors (Lipinski definition) is 0. The molecule has 0 radical (unpaired) electrons. The highest BCUT2D eigenvalue weighted by molar-refractivity contribution is 5.90. The maximum Gasteiger partial charge on any atom is 0.341 e. The zero-order valence-electron chi connectivity index (χ0n) is 10.3. The van der Waals surface area contributed by atoms with E-state index in [-0.39, 0.29) is 6.61 Å². The Morgan fingerprint density at radius 2 is 1.85 bits per heavy atom. The highest BCUT2D eigenvalue weighted by Gasteiger charge is 2.22. The second-order valence-corrected chi connectivity index (χ2v) is 3.96. The van der Waals surface area contributed by atoms with Crippen LogP contribution in [0.5, 0.6) is 0 Å². The van der Waals surface area contributed by atoms with Crippen LogP contribution < -0.4 is 0 Å². The van der Waals surface area contributed by atoms with Crippen LogP contribution in [0.4, 0.5) is 10.1 Å². The number of carbonyl (C=O) groups excluding carboxylic acids is 1. The van der Waals surface area contributed by atoms with E-state index in [4.69, 9.17) is 4.74 Å². The molecule has 2 rings (SSSR count). The SMILES string of the molecule is O=C(OCc1ccccc1)c1cccc([N+](=O)[O-])c1F. The molecule has 0 spiro atoms. The molecule has 0 aliphatic rings. The molecule has 0 bridgehead atoms. The zero-order valence-corrected chi connectivity index (χ0v) is 10.3. The summed E-state index contributed by atoms with van der Waals surface area (Å²) in [6.45, 7) is -0.0260. The Kier molecular flexibility index (Phi) is 4.05. The number of carbonyl (C=O) groups is 1. The molecule has 102 valence electrons. The van der Waals surface area contributed by atoms with E-state index in [0.29, 0.717) is 0 Å². The first kappa shape index (κ1) is 13.7. The summed E-state index contributed by atoms with van der Waals surface area (Å²) in [5, 5.41) is 10.6. The van der Waals surface area contributed by atoms with Gasteiger partial charge in [-0.15, -0.1) is 0 Å². The van der Waals surface area contributed by atoms with Gasteiger partial charge in [0.25, 0.3) is 0 Å². The molecule has 6 heteroatoms. The zero-order chi connectivity index (χ0) is 14.5. The Bertz CT molecular complexity index is 643. The van der Waals surface area contributed by atoms with Gasteiger partial charge in [-0.1, -0.05) is 36.4 Å². The molecule has 0 heterocycles. The highest BCUT2D eigenvalue weighted by atomic mass is 19.1. The summed E-state index contributed by atoms with van der Waals surface area (Å²) in [5.41, 5.74) is -0.457. The molecule has 0 aliphatic carbocycles. The summed E-state index contributed by atoms with van der Waals surface area (Å²) < 4.78 is 18.7. The molecule has 2 aromatic carbocycles. The maximum absolute atomic E-state index is 13.8. The van der Waals surface area contributed by atoms with E-state index in [9.17, 15) is 19.3 Å². The first-order valence-electron chi connectivity index (χ1n) is 5.73. The molecule has 20 heavy (non-hydrogen) atoms. The van der Waals surface area contributed by atoms with Crippen molar-refractivity contribution in [2.75, 3.05) is 0 Å². The summed E-state index contributed by atoms with van der Waals surface area (Å²) in [6, 6.07) is 12.2. The minimum atomic E-state index is -1.18. The number of benzene rings is 2. The van der Waals surface area contributed by atoms with Crippen LogP contribution in [0.2, 0.25) is 0 Å². The van der Waals surface area contributed by atoms with Crippen LogP contribution in [0.25, 0.3) is 0 Å². The molecular weight excluding hydrogens is 265 g/mol. The fourth-order valence-electron chi connectivity index (χ4n) is 1.62. The van der Waals surface area contributed by atoms with Crippen LogP contribution in [-0.2, 0) is 11.3 Å². The predicted molar refractivity (Wildman–Crippen MR) is 68.6 cm³/mol. The van der Waals surface area contributed by atoms with Crippen molar-refractivity contribution in [1.29, 1.82) is 0 Å². The van der Waals surface area contributed by atoms with Gasteiger partial charge in [0.15, 0.2) is 0 Å². The van der Waals surface area contributed by atoms with E-state index in [2.05, 4.69) is 0 Å². The lowest BCUT2D eigenvalue weighted by molar-refractivity contribution is -0.387. The van der Waals surface area contributed by atoms with Crippen molar-refractivity contribution in [3.05, 3.63) is 75.6 Å². The second kappa shape index (κ2) is 5.92. The van der Waals surface area contributed by atoms with Crippen molar-refractivity contribution in [2.24, 2.45) is 0 Å². The molecule has 0 saturated carbocycles. The van der Waals surface area contributed by atoms with Crippen LogP contribution in [0.1, 0.15) is 15.9 Å². The largest absolute Gasteiger partial charge is 0.457 e. The number of ether oxygens (including phenoxy) is 1. The molecular formula is C14H10FNO4. The quantitative estimate of drug-likeness (QED) is 0.488. The van der Waals surface area contributed by atoms with Gasteiger partial charge in [0.1, 0.15) is 12.2 Å². The number of hydrogen-bond acceptors (Lipinski definition) is 4. The normalized spacial score (nSPS) is 10.1. The van der Waals surface area contributed by atoms with Crippen molar-refractivity contribution in [1.82, 2.24) is 0 Å². The number of nitro groups is 1. The van der Waals surface area contributed by atoms with Crippen molar-refractivity contribution >= 4 is 11.7 Å². The topological polar surface area (TPSA) is 69.4 Å². The fourth-order valence-corrected chi connectivity index (χ4v) is 1.62. The summed E-state index contributed by atoms with van der Waals surface area (Å²) in [5.74, 6) is -2.12. The average Bonchev–Trinajstić information content (AvgIpc) is 2.46. The molecule has 0 saturated heterocycles. The van der Waals surface area contributed by atoms with E-state index in [1.165, 1.54) is 6.07 Å². The number of nitro benzene ring substituents is 1. The van der Waals surface area contributed by atoms with E-state index < -0.39 is 28.0 Å². The summed E-state index contributed by atoms with van der Waals surface area (Å²) in [6.07, 6.45) is 0. The third kappa shape index (κ3) is 2.97. The first-order chi connectivity index (χ1) is 9.59. The number of esters is 1. The Morgan fingerprint density at radius 3 is 2.50 bits per heavy atom. The van der Waals surface area contributed by atoms with Gasteiger partial charge in [0.2, 0.25) is 5.82 Å². The van der Waals surface area contributed by atoms with E-state index >= 15 is 0 Å². The third-order valence-electron chi connectivity index (χ3n) is 2.61.